The summed E-state index contributed by atoms with van der Waals surface area (Å²) in [4.78, 5) is 33.9. The summed E-state index contributed by atoms with van der Waals surface area (Å²) in [6.45, 7) is 5.18. The molecular weight excluding hydrogens is 525 g/mol. The van der Waals surface area contributed by atoms with E-state index in [1.165, 1.54) is 63.1 Å². The van der Waals surface area contributed by atoms with Gasteiger partial charge in [0.2, 0.25) is 0 Å². The molecule has 1 aliphatic heterocycles. The summed E-state index contributed by atoms with van der Waals surface area (Å²) in [7, 11) is 0. The van der Waals surface area contributed by atoms with E-state index in [2.05, 4.69) is 19.2 Å². The Morgan fingerprint density at radius 2 is 1.67 bits per heavy atom. The molecule has 212 valence electrons. The standard InChI is InChI=1S/C31H44N4O2S2/c1-3-4-5-6-7-8-9-10-11-13-21-35-30(37)26(39-31(35)38)22-25-28(32-24-18-16-23(2)17-19-24)33-27-15-12-14-20-34(27)29(25)36/h12,14-15,20,22-24,32H,3-11,13,16-19,21H2,1-2H3. The topological polar surface area (TPSA) is 66.7 Å². The van der Waals surface area contributed by atoms with Gasteiger partial charge in [-0.3, -0.25) is 18.9 Å². The van der Waals surface area contributed by atoms with Crippen molar-refractivity contribution in [2.45, 2.75) is 110 Å². The lowest BCUT2D eigenvalue weighted by molar-refractivity contribution is -0.122. The minimum absolute atomic E-state index is 0.101. The molecule has 2 aromatic heterocycles. The van der Waals surface area contributed by atoms with Crippen LogP contribution in [-0.4, -0.2) is 37.1 Å². The molecule has 8 heteroatoms. The molecular formula is C31H44N4O2S2. The molecule has 0 bridgehead atoms. The molecule has 0 spiro atoms. The van der Waals surface area contributed by atoms with Gasteiger partial charge in [0.05, 0.1) is 10.5 Å². The first kappa shape index (κ1) is 29.8. The third-order valence-electron chi connectivity index (χ3n) is 8.01. The average Bonchev–Trinajstić information content (AvgIpc) is 3.20. The number of thioether (sulfide) groups is 1. The molecule has 1 saturated carbocycles. The van der Waals surface area contributed by atoms with Gasteiger partial charge in [-0.1, -0.05) is 102 Å². The molecule has 0 unspecified atom stereocenters. The Labute approximate surface area is 243 Å². The van der Waals surface area contributed by atoms with Crippen molar-refractivity contribution in [3.05, 3.63) is 45.2 Å². The fraction of sp³-hybridized carbons (Fsp3) is 0.613. The number of nitrogens with one attached hydrogen (secondary N) is 1. The number of nitrogens with zero attached hydrogens (tertiary/aromatic N) is 3. The molecule has 2 aromatic rings. The van der Waals surface area contributed by atoms with Gasteiger partial charge in [-0.25, -0.2) is 4.98 Å². The van der Waals surface area contributed by atoms with Gasteiger partial charge in [0.1, 0.15) is 15.8 Å². The van der Waals surface area contributed by atoms with Crippen LogP contribution in [0, 0.1) is 5.92 Å². The molecule has 6 nitrogen and oxygen atoms in total. The van der Waals surface area contributed by atoms with Crippen molar-refractivity contribution in [1.82, 2.24) is 14.3 Å². The number of rotatable bonds is 14. The van der Waals surface area contributed by atoms with Crippen LogP contribution < -0.4 is 10.9 Å². The predicted octanol–water partition coefficient (Wildman–Crippen LogP) is 7.81. The second kappa shape index (κ2) is 15.0. The van der Waals surface area contributed by atoms with Gasteiger partial charge < -0.3 is 5.32 Å². The first-order valence-corrected chi connectivity index (χ1v) is 16.2. The van der Waals surface area contributed by atoms with Crippen LogP contribution in [0.25, 0.3) is 11.7 Å². The predicted molar refractivity (Wildman–Crippen MR) is 168 cm³/mol. The van der Waals surface area contributed by atoms with E-state index in [-0.39, 0.29) is 17.5 Å². The van der Waals surface area contributed by atoms with E-state index in [0.29, 0.717) is 32.8 Å². The fourth-order valence-corrected chi connectivity index (χ4v) is 6.81. The first-order chi connectivity index (χ1) is 19.0. The number of hydrogen-bond donors (Lipinski definition) is 1. The van der Waals surface area contributed by atoms with E-state index >= 15 is 0 Å². The summed E-state index contributed by atoms with van der Waals surface area (Å²) in [6.07, 6.45) is 20.4. The van der Waals surface area contributed by atoms with Crippen LogP contribution in [0.15, 0.2) is 34.1 Å². The van der Waals surface area contributed by atoms with E-state index in [9.17, 15) is 9.59 Å². The Morgan fingerprint density at radius 3 is 2.36 bits per heavy atom. The van der Waals surface area contributed by atoms with Gasteiger partial charge in [0.15, 0.2) is 0 Å². The average molecular weight is 569 g/mol. The van der Waals surface area contributed by atoms with Crippen molar-refractivity contribution in [2.24, 2.45) is 5.92 Å². The SMILES string of the molecule is CCCCCCCCCCCCN1C(=O)C(=Cc2c(NC3CCC(C)CC3)nc3ccccn3c2=O)SC1=S. The van der Waals surface area contributed by atoms with Crippen molar-refractivity contribution < 1.29 is 4.79 Å². The number of amides is 1. The zero-order valence-corrected chi connectivity index (χ0v) is 25.3. The lowest BCUT2D eigenvalue weighted by Crippen LogP contribution is -2.29. The summed E-state index contributed by atoms with van der Waals surface area (Å²) in [5, 5.41) is 3.55. The van der Waals surface area contributed by atoms with Crippen molar-refractivity contribution in [3.8, 4) is 0 Å². The number of anilines is 1. The van der Waals surface area contributed by atoms with Crippen LogP contribution in [0.3, 0.4) is 0 Å². The highest BCUT2D eigenvalue weighted by molar-refractivity contribution is 8.26. The largest absolute Gasteiger partial charge is 0.367 e. The Bertz CT molecular complexity index is 1220. The minimum Gasteiger partial charge on any atom is -0.367 e. The monoisotopic (exact) mass is 568 g/mol. The molecule has 1 N–H and O–H groups in total. The summed E-state index contributed by atoms with van der Waals surface area (Å²) >= 11 is 6.87. The van der Waals surface area contributed by atoms with Crippen molar-refractivity contribution in [3.63, 3.8) is 0 Å². The number of unbranched alkanes of at least 4 members (excludes halogenated alkanes) is 9. The summed E-state index contributed by atoms with van der Waals surface area (Å²) in [5.41, 5.74) is 0.851. The van der Waals surface area contributed by atoms with Crippen LogP contribution in [0.1, 0.15) is 109 Å². The molecule has 1 saturated heterocycles. The fourth-order valence-electron chi connectivity index (χ4n) is 5.52. The van der Waals surface area contributed by atoms with E-state index < -0.39 is 0 Å². The molecule has 0 atom stereocenters. The Morgan fingerprint density at radius 1 is 1.00 bits per heavy atom. The van der Waals surface area contributed by atoms with Crippen LogP contribution >= 0.6 is 24.0 Å². The Hall–Kier alpha value is -2.19. The van der Waals surface area contributed by atoms with Gasteiger partial charge in [0, 0.05) is 18.8 Å². The normalized spacial score (nSPS) is 20.9. The van der Waals surface area contributed by atoms with Crippen molar-refractivity contribution in [2.75, 3.05) is 11.9 Å². The van der Waals surface area contributed by atoms with Gasteiger partial charge in [-0.15, -0.1) is 0 Å². The molecule has 1 aliphatic carbocycles. The van der Waals surface area contributed by atoms with E-state index in [4.69, 9.17) is 17.2 Å². The van der Waals surface area contributed by atoms with E-state index in [1.54, 1.807) is 21.6 Å². The number of carbonyl (C=O) groups excluding carboxylic acids is 1. The highest BCUT2D eigenvalue weighted by Crippen LogP contribution is 2.34. The van der Waals surface area contributed by atoms with Crippen LogP contribution in [0.5, 0.6) is 0 Å². The van der Waals surface area contributed by atoms with E-state index in [1.807, 2.05) is 18.2 Å². The summed E-state index contributed by atoms with van der Waals surface area (Å²) in [6, 6.07) is 5.82. The van der Waals surface area contributed by atoms with Gasteiger partial charge in [0.25, 0.3) is 11.5 Å². The number of thiocarbonyl (C=S) groups is 1. The number of carbonyl (C=O) groups is 1. The molecule has 2 fully saturated rings. The van der Waals surface area contributed by atoms with E-state index in [0.717, 1.165) is 44.4 Å². The van der Waals surface area contributed by atoms with Crippen LogP contribution in [0.2, 0.25) is 0 Å². The van der Waals surface area contributed by atoms with Gasteiger partial charge >= 0.3 is 0 Å². The maximum absolute atomic E-state index is 13.5. The van der Waals surface area contributed by atoms with Gasteiger partial charge in [-0.05, 0) is 56.2 Å². The molecule has 0 radical (unpaired) electrons. The second-order valence-corrected chi connectivity index (χ2v) is 12.9. The lowest BCUT2D eigenvalue weighted by atomic mass is 9.87. The number of aromatic nitrogens is 2. The molecule has 0 aromatic carbocycles. The number of fused-ring (bicyclic) bond motifs is 1. The Kier molecular flexibility index (Phi) is 11.4. The number of hydrogen-bond acceptors (Lipinski definition) is 6. The molecule has 4 rings (SSSR count). The quantitative estimate of drug-likeness (QED) is 0.142. The lowest BCUT2D eigenvalue weighted by Gasteiger charge is -2.27. The third-order valence-corrected chi connectivity index (χ3v) is 9.39. The Balaban J connectivity index is 1.40. The zero-order valence-electron chi connectivity index (χ0n) is 23.6. The summed E-state index contributed by atoms with van der Waals surface area (Å²) < 4.78 is 2.12. The molecule has 1 amide bonds. The second-order valence-electron chi connectivity index (χ2n) is 11.2. The molecule has 2 aliphatic rings. The zero-order chi connectivity index (χ0) is 27.6. The highest BCUT2D eigenvalue weighted by Gasteiger charge is 2.32. The first-order valence-electron chi connectivity index (χ1n) is 15.0. The third kappa shape index (κ3) is 8.16. The maximum Gasteiger partial charge on any atom is 0.267 e. The summed E-state index contributed by atoms with van der Waals surface area (Å²) in [5.74, 6) is 1.19. The minimum atomic E-state index is -0.174. The van der Waals surface area contributed by atoms with Gasteiger partial charge in [-0.2, -0.15) is 0 Å². The highest BCUT2D eigenvalue weighted by atomic mass is 32.2. The molecule has 39 heavy (non-hydrogen) atoms. The van der Waals surface area contributed by atoms with Crippen molar-refractivity contribution in [1.29, 1.82) is 0 Å². The smallest absolute Gasteiger partial charge is 0.267 e. The maximum atomic E-state index is 13.5. The van der Waals surface area contributed by atoms with Crippen LogP contribution in [0.4, 0.5) is 5.82 Å². The molecule has 3 heterocycles. The van der Waals surface area contributed by atoms with Crippen molar-refractivity contribution >= 4 is 51.7 Å². The number of pyridine rings is 1. The van der Waals surface area contributed by atoms with Crippen LogP contribution in [-0.2, 0) is 4.79 Å².